The quantitative estimate of drug-likeness (QED) is 0.880. The van der Waals surface area contributed by atoms with Crippen molar-refractivity contribution in [3.8, 4) is 5.75 Å². The van der Waals surface area contributed by atoms with Gasteiger partial charge in [-0.3, -0.25) is 9.48 Å². The van der Waals surface area contributed by atoms with Crippen molar-refractivity contribution in [1.82, 2.24) is 9.78 Å². The molecule has 0 aliphatic rings. The van der Waals surface area contributed by atoms with Crippen molar-refractivity contribution in [1.29, 1.82) is 0 Å². The van der Waals surface area contributed by atoms with E-state index in [2.05, 4.69) is 15.2 Å². The van der Waals surface area contributed by atoms with Crippen LogP contribution < -0.4 is 10.1 Å². The molecule has 116 valence electrons. The molecule has 0 spiro atoms. The molecule has 0 saturated carbocycles. The molecule has 2 aromatic rings. The molecule has 0 atom stereocenters. The molecule has 2 N–H and O–H groups in total. The Morgan fingerprint density at radius 1 is 1.32 bits per heavy atom. The number of amides is 1. The van der Waals surface area contributed by atoms with Gasteiger partial charge in [-0.05, 0) is 24.3 Å². The Kier molecular flexibility index (Phi) is 4.35. The highest BCUT2D eigenvalue weighted by Crippen LogP contribution is 2.18. The molecule has 7 nitrogen and oxygen atoms in total. The topological polar surface area (TPSA) is 93.5 Å². The van der Waals surface area contributed by atoms with E-state index in [1.54, 1.807) is 0 Å². The maximum Gasteiger partial charge on any atom is 0.387 e. The van der Waals surface area contributed by atoms with Gasteiger partial charge in [0.1, 0.15) is 5.75 Å². The lowest BCUT2D eigenvalue weighted by Gasteiger charge is -2.07. The number of carbonyl (C=O) groups excluding carboxylic acids is 1. The second kappa shape index (κ2) is 6.20. The van der Waals surface area contributed by atoms with E-state index in [1.807, 2.05) is 0 Å². The van der Waals surface area contributed by atoms with Crippen molar-refractivity contribution in [3.05, 3.63) is 41.7 Å². The molecule has 0 fully saturated rings. The van der Waals surface area contributed by atoms with E-state index in [1.165, 1.54) is 42.2 Å². The van der Waals surface area contributed by atoms with Gasteiger partial charge in [0.2, 0.25) is 0 Å². The third kappa shape index (κ3) is 3.57. The molecule has 0 saturated heterocycles. The number of alkyl halides is 2. The van der Waals surface area contributed by atoms with Gasteiger partial charge in [0.25, 0.3) is 5.91 Å². The van der Waals surface area contributed by atoms with Crippen LogP contribution in [0.3, 0.4) is 0 Å². The Hall–Kier alpha value is -2.97. The molecular formula is C13H11F2N3O4. The van der Waals surface area contributed by atoms with E-state index in [-0.39, 0.29) is 17.0 Å². The van der Waals surface area contributed by atoms with Crippen LogP contribution in [0.15, 0.2) is 30.5 Å². The minimum atomic E-state index is -2.94. The third-order valence-corrected chi connectivity index (χ3v) is 2.61. The number of anilines is 1. The van der Waals surface area contributed by atoms with Crippen LogP contribution >= 0.6 is 0 Å². The first kappa shape index (κ1) is 15.4. The summed E-state index contributed by atoms with van der Waals surface area (Å²) >= 11 is 0. The van der Waals surface area contributed by atoms with Crippen molar-refractivity contribution in [3.63, 3.8) is 0 Å². The number of aromatic nitrogens is 2. The Morgan fingerprint density at radius 3 is 2.50 bits per heavy atom. The van der Waals surface area contributed by atoms with Gasteiger partial charge < -0.3 is 15.2 Å². The Balaban J connectivity index is 2.14. The van der Waals surface area contributed by atoms with E-state index in [4.69, 9.17) is 5.11 Å². The summed E-state index contributed by atoms with van der Waals surface area (Å²) in [6.07, 6.45) is 1.27. The first-order valence-corrected chi connectivity index (χ1v) is 6.00. The van der Waals surface area contributed by atoms with Gasteiger partial charge in [-0.1, -0.05) is 0 Å². The maximum atomic E-state index is 12.0. The number of carboxylic acids is 1. The fourth-order valence-corrected chi connectivity index (χ4v) is 1.73. The lowest BCUT2D eigenvalue weighted by Crippen LogP contribution is -2.15. The standard InChI is InChI=1S/C13H11F2N3O4/c1-18-6-9(10(17-18)12(20)21)11(19)16-7-2-4-8(5-3-7)22-13(14)15/h2-6,13H,1H3,(H,16,19)(H,20,21). The minimum absolute atomic E-state index is 0.0550. The average molecular weight is 311 g/mol. The van der Waals surface area contributed by atoms with Gasteiger partial charge in [0.05, 0.1) is 5.56 Å². The van der Waals surface area contributed by atoms with Gasteiger partial charge in [0, 0.05) is 18.9 Å². The number of hydrogen-bond donors (Lipinski definition) is 2. The summed E-state index contributed by atoms with van der Waals surface area (Å²) in [5.41, 5.74) is -0.188. The van der Waals surface area contributed by atoms with Gasteiger partial charge in [-0.25, -0.2) is 4.79 Å². The molecule has 22 heavy (non-hydrogen) atoms. The molecule has 9 heteroatoms. The van der Waals surface area contributed by atoms with Gasteiger partial charge >= 0.3 is 12.6 Å². The Bertz CT molecular complexity index is 698. The molecule has 1 aromatic carbocycles. The Morgan fingerprint density at radius 2 is 1.95 bits per heavy atom. The normalized spacial score (nSPS) is 10.5. The summed E-state index contributed by atoms with van der Waals surface area (Å²) in [6, 6.07) is 5.21. The van der Waals surface area contributed by atoms with Gasteiger partial charge in [-0.2, -0.15) is 13.9 Å². The molecule has 0 aliphatic carbocycles. The molecule has 0 aliphatic heterocycles. The first-order chi connectivity index (χ1) is 10.4. The molecule has 1 heterocycles. The van der Waals surface area contributed by atoms with Crippen LogP contribution in [0.4, 0.5) is 14.5 Å². The maximum absolute atomic E-state index is 12.0. The van der Waals surface area contributed by atoms with Crippen molar-refractivity contribution >= 4 is 17.6 Å². The zero-order valence-electron chi connectivity index (χ0n) is 11.3. The van der Waals surface area contributed by atoms with Crippen LogP contribution in [-0.4, -0.2) is 33.4 Å². The second-order valence-corrected chi connectivity index (χ2v) is 4.23. The van der Waals surface area contributed by atoms with Crippen molar-refractivity contribution in [2.75, 3.05) is 5.32 Å². The lowest BCUT2D eigenvalue weighted by atomic mass is 10.2. The number of aryl methyl sites for hydroxylation is 1. The minimum Gasteiger partial charge on any atom is -0.476 e. The largest absolute Gasteiger partial charge is 0.476 e. The smallest absolute Gasteiger partial charge is 0.387 e. The number of hydrogen-bond acceptors (Lipinski definition) is 4. The SMILES string of the molecule is Cn1cc(C(=O)Nc2ccc(OC(F)F)cc2)c(C(=O)O)n1. The van der Waals surface area contributed by atoms with Crippen molar-refractivity contribution < 1.29 is 28.2 Å². The average Bonchev–Trinajstić information content (AvgIpc) is 2.83. The third-order valence-electron chi connectivity index (χ3n) is 2.61. The number of carbonyl (C=O) groups is 2. The number of nitrogens with zero attached hydrogens (tertiary/aromatic N) is 2. The first-order valence-electron chi connectivity index (χ1n) is 6.00. The molecular weight excluding hydrogens is 300 g/mol. The highest BCUT2D eigenvalue weighted by Gasteiger charge is 2.21. The second-order valence-electron chi connectivity index (χ2n) is 4.23. The van der Waals surface area contributed by atoms with Crippen molar-refractivity contribution in [2.24, 2.45) is 7.05 Å². The van der Waals surface area contributed by atoms with Crippen LogP contribution in [-0.2, 0) is 7.05 Å². The van der Waals surface area contributed by atoms with Gasteiger partial charge in [-0.15, -0.1) is 0 Å². The zero-order chi connectivity index (χ0) is 16.3. The number of carboxylic acid groups (broad SMARTS) is 1. The number of aromatic carboxylic acids is 1. The van der Waals surface area contributed by atoms with Crippen LogP contribution in [0.2, 0.25) is 0 Å². The molecule has 1 amide bonds. The summed E-state index contributed by atoms with van der Waals surface area (Å²) < 4.78 is 29.4. The highest BCUT2D eigenvalue weighted by atomic mass is 19.3. The van der Waals surface area contributed by atoms with Crippen LogP contribution in [0, 0.1) is 0 Å². The molecule has 0 bridgehead atoms. The van der Waals surface area contributed by atoms with Crippen LogP contribution in [0.1, 0.15) is 20.8 Å². The lowest BCUT2D eigenvalue weighted by molar-refractivity contribution is -0.0498. The van der Waals surface area contributed by atoms with E-state index in [9.17, 15) is 18.4 Å². The van der Waals surface area contributed by atoms with E-state index in [0.29, 0.717) is 5.69 Å². The number of nitrogens with one attached hydrogen (secondary N) is 1. The van der Waals surface area contributed by atoms with Crippen LogP contribution in [0.5, 0.6) is 5.75 Å². The molecule has 0 radical (unpaired) electrons. The summed E-state index contributed by atoms with van der Waals surface area (Å²) in [6.45, 7) is -2.94. The predicted octanol–water partition coefficient (Wildman–Crippen LogP) is 1.97. The molecule has 1 aromatic heterocycles. The van der Waals surface area contributed by atoms with E-state index < -0.39 is 18.5 Å². The number of ether oxygens (including phenoxy) is 1. The fraction of sp³-hybridized carbons (Fsp3) is 0.154. The summed E-state index contributed by atoms with van der Waals surface area (Å²) in [4.78, 5) is 23.0. The number of rotatable bonds is 5. The van der Waals surface area contributed by atoms with E-state index >= 15 is 0 Å². The summed E-state index contributed by atoms with van der Waals surface area (Å²) in [5.74, 6) is -2.06. The Labute approximate surface area is 123 Å². The van der Waals surface area contributed by atoms with Crippen molar-refractivity contribution in [2.45, 2.75) is 6.61 Å². The highest BCUT2D eigenvalue weighted by molar-refractivity contribution is 6.09. The number of halogens is 2. The molecule has 2 rings (SSSR count). The monoisotopic (exact) mass is 311 g/mol. The summed E-state index contributed by atoms with van der Waals surface area (Å²) in [5, 5.41) is 15.1. The van der Waals surface area contributed by atoms with Crippen LogP contribution in [0.25, 0.3) is 0 Å². The predicted molar refractivity (Wildman–Crippen MR) is 71.2 cm³/mol. The molecule has 0 unspecified atom stereocenters. The summed E-state index contributed by atoms with van der Waals surface area (Å²) in [7, 11) is 1.49. The van der Waals surface area contributed by atoms with Gasteiger partial charge in [0.15, 0.2) is 5.69 Å². The van der Waals surface area contributed by atoms with E-state index in [0.717, 1.165) is 0 Å². The zero-order valence-corrected chi connectivity index (χ0v) is 11.3. The number of benzene rings is 1. The fourth-order valence-electron chi connectivity index (χ4n) is 1.73.